The number of carbonyl (C=O) groups is 1. The summed E-state index contributed by atoms with van der Waals surface area (Å²) < 4.78 is 5.55. The quantitative estimate of drug-likeness (QED) is 0.334. The summed E-state index contributed by atoms with van der Waals surface area (Å²) in [5.74, 6) is 0.129. The molecular weight excluding hydrogens is 322 g/mol. The molecule has 1 N–H and O–H groups in total. The lowest BCUT2D eigenvalue weighted by atomic mass is 10.1. The fourth-order valence-corrected chi connectivity index (χ4v) is 2.97. The van der Waals surface area contributed by atoms with Gasteiger partial charge in [0.1, 0.15) is 0 Å². The zero-order valence-corrected chi connectivity index (χ0v) is 16.7. The summed E-state index contributed by atoms with van der Waals surface area (Å²) in [7, 11) is 1.80. The van der Waals surface area contributed by atoms with Crippen LogP contribution < -0.4 is 5.32 Å². The normalized spacial score (nSPS) is 12.4. The molecule has 1 aromatic carbocycles. The minimum Gasteiger partial charge on any atom is -0.381 e. The molecule has 0 aliphatic rings. The second kappa shape index (κ2) is 15.6. The molecule has 0 saturated heterocycles. The highest BCUT2D eigenvalue weighted by Gasteiger charge is 2.04. The molecule has 1 rings (SSSR count). The lowest BCUT2D eigenvalue weighted by molar-refractivity contribution is -0.120. The first-order valence-corrected chi connectivity index (χ1v) is 10.2. The maximum absolute atomic E-state index is 11.8. The Bertz CT molecular complexity index is 484. The van der Waals surface area contributed by atoms with Crippen LogP contribution in [0.15, 0.2) is 42.5 Å². The van der Waals surface area contributed by atoms with E-state index in [1.54, 1.807) is 7.11 Å². The zero-order chi connectivity index (χ0) is 18.9. The lowest BCUT2D eigenvalue weighted by Crippen LogP contribution is -2.25. The smallest absolute Gasteiger partial charge is 0.220 e. The van der Waals surface area contributed by atoms with Gasteiger partial charge in [-0.15, -0.1) is 0 Å². The van der Waals surface area contributed by atoms with Crippen LogP contribution in [0.25, 0.3) is 0 Å². The van der Waals surface area contributed by atoms with E-state index in [9.17, 15) is 4.79 Å². The Balaban J connectivity index is 2.04. The zero-order valence-electron chi connectivity index (χ0n) is 16.7. The number of carbonyl (C=O) groups excluding carboxylic acids is 1. The second-order valence-electron chi connectivity index (χ2n) is 6.89. The van der Waals surface area contributed by atoms with Gasteiger partial charge in [-0.1, -0.05) is 81.5 Å². The molecule has 3 heteroatoms. The van der Waals surface area contributed by atoms with Crippen LogP contribution in [0.5, 0.6) is 0 Å². The standard InChI is InChI=1S/C23H37NO2/c1-3-4-5-6-11-16-22(26-2)17-12-8-13-18-23(25)24-20-19-21-14-9-7-10-15-21/h7-10,12,14-15,22H,3-6,11,13,16-20H2,1-2H3,(H,24,25)/b12-8+. The highest BCUT2D eigenvalue weighted by Crippen LogP contribution is 2.12. The Kier molecular flexibility index (Phi) is 13.5. The molecule has 3 nitrogen and oxygen atoms in total. The van der Waals surface area contributed by atoms with Crippen LogP contribution in [-0.2, 0) is 16.0 Å². The number of methoxy groups -OCH3 is 1. The van der Waals surface area contributed by atoms with Crippen LogP contribution in [0.1, 0.15) is 70.3 Å². The summed E-state index contributed by atoms with van der Waals surface area (Å²) in [5, 5.41) is 2.99. The van der Waals surface area contributed by atoms with Crippen LogP contribution in [0.2, 0.25) is 0 Å². The summed E-state index contributed by atoms with van der Waals surface area (Å²) in [4.78, 5) is 11.8. The highest BCUT2D eigenvalue weighted by molar-refractivity contribution is 5.75. The molecule has 0 aromatic heterocycles. The first-order valence-electron chi connectivity index (χ1n) is 10.2. The Morgan fingerprint density at radius 3 is 2.62 bits per heavy atom. The topological polar surface area (TPSA) is 38.3 Å². The summed E-state index contributed by atoms with van der Waals surface area (Å²) >= 11 is 0. The first kappa shape index (κ1) is 22.4. The largest absolute Gasteiger partial charge is 0.381 e. The Morgan fingerprint density at radius 2 is 1.88 bits per heavy atom. The number of amides is 1. The third kappa shape index (κ3) is 11.9. The second-order valence-corrected chi connectivity index (χ2v) is 6.89. The van der Waals surface area contributed by atoms with E-state index in [1.165, 1.54) is 37.7 Å². The molecule has 0 aliphatic carbocycles. The first-order chi connectivity index (χ1) is 12.8. The Morgan fingerprint density at radius 1 is 1.12 bits per heavy atom. The number of allylic oxidation sites excluding steroid dienone is 1. The van der Waals surface area contributed by atoms with E-state index >= 15 is 0 Å². The van der Waals surface area contributed by atoms with E-state index in [2.05, 4.69) is 36.5 Å². The van der Waals surface area contributed by atoms with E-state index < -0.39 is 0 Å². The SMILES string of the molecule is CCCCCCCC(C/C=C/CCC(=O)NCCc1ccccc1)OC. The van der Waals surface area contributed by atoms with E-state index in [1.807, 2.05) is 18.2 Å². The van der Waals surface area contributed by atoms with Crippen molar-refractivity contribution in [2.45, 2.75) is 77.2 Å². The summed E-state index contributed by atoms with van der Waals surface area (Å²) in [6.45, 7) is 2.95. The fourth-order valence-electron chi connectivity index (χ4n) is 2.97. The Labute approximate surface area is 160 Å². The maximum Gasteiger partial charge on any atom is 0.220 e. The van der Waals surface area contributed by atoms with E-state index in [4.69, 9.17) is 4.74 Å². The third-order valence-electron chi connectivity index (χ3n) is 4.65. The van der Waals surface area contributed by atoms with Gasteiger partial charge in [-0.2, -0.15) is 0 Å². The molecule has 1 aromatic rings. The molecule has 1 atom stereocenters. The van der Waals surface area contributed by atoms with Crippen molar-refractivity contribution in [1.82, 2.24) is 5.32 Å². The Hall–Kier alpha value is -1.61. The number of unbranched alkanes of at least 4 members (excludes halogenated alkanes) is 4. The van der Waals surface area contributed by atoms with Crippen molar-refractivity contribution in [2.24, 2.45) is 0 Å². The number of ether oxygens (including phenoxy) is 1. The highest BCUT2D eigenvalue weighted by atomic mass is 16.5. The average Bonchev–Trinajstić information content (AvgIpc) is 2.66. The molecule has 0 bridgehead atoms. The van der Waals surface area contributed by atoms with Crippen molar-refractivity contribution in [1.29, 1.82) is 0 Å². The number of benzene rings is 1. The van der Waals surface area contributed by atoms with Crippen LogP contribution in [0.3, 0.4) is 0 Å². The minimum absolute atomic E-state index is 0.129. The van der Waals surface area contributed by atoms with Gasteiger partial charge in [0, 0.05) is 20.1 Å². The number of rotatable bonds is 15. The fraction of sp³-hybridized carbons (Fsp3) is 0.609. The minimum atomic E-state index is 0.129. The van der Waals surface area contributed by atoms with E-state index in [0.29, 0.717) is 19.1 Å². The molecule has 0 heterocycles. The van der Waals surface area contributed by atoms with E-state index in [0.717, 1.165) is 25.7 Å². The van der Waals surface area contributed by atoms with Crippen molar-refractivity contribution >= 4 is 5.91 Å². The maximum atomic E-state index is 11.8. The molecule has 0 radical (unpaired) electrons. The molecule has 1 unspecified atom stereocenters. The van der Waals surface area contributed by atoms with Gasteiger partial charge in [-0.05, 0) is 31.2 Å². The number of hydrogen-bond donors (Lipinski definition) is 1. The van der Waals surface area contributed by atoms with Crippen LogP contribution in [-0.4, -0.2) is 25.7 Å². The van der Waals surface area contributed by atoms with Crippen molar-refractivity contribution in [2.75, 3.05) is 13.7 Å². The molecule has 1 amide bonds. The molecule has 146 valence electrons. The predicted octanol–water partition coefficient (Wildman–Crippen LogP) is 5.45. The number of nitrogens with one attached hydrogen (secondary N) is 1. The molecule has 26 heavy (non-hydrogen) atoms. The van der Waals surface area contributed by atoms with Crippen molar-refractivity contribution in [3.8, 4) is 0 Å². The summed E-state index contributed by atoms with van der Waals surface area (Å²) in [6, 6.07) is 10.2. The summed E-state index contributed by atoms with van der Waals surface area (Å²) in [6.07, 6.45) is 15.4. The third-order valence-corrected chi connectivity index (χ3v) is 4.65. The molecule has 0 spiro atoms. The van der Waals surface area contributed by atoms with Crippen LogP contribution in [0, 0.1) is 0 Å². The van der Waals surface area contributed by atoms with Crippen molar-refractivity contribution in [3.63, 3.8) is 0 Å². The van der Waals surface area contributed by atoms with Gasteiger partial charge >= 0.3 is 0 Å². The average molecular weight is 360 g/mol. The molecule has 0 saturated carbocycles. The van der Waals surface area contributed by atoms with Gasteiger partial charge in [-0.25, -0.2) is 0 Å². The molecule has 0 fully saturated rings. The van der Waals surface area contributed by atoms with Gasteiger partial charge < -0.3 is 10.1 Å². The van der Waals surface area contributed by atoms with Gasteiger partial charge in [0.15, 0.2) is 0 Å². The van der Waals surface area contributed by atoms with Crippen molar-refractivity contribution in [3.05, 3.63) is 48.0 Å². The molecular formula is C23H37NO2. The van der Waals surface area contributed by atoms with E-state index in [-0.39, 0.29) is 5.91 Å². The predicted molar refractivity (Wildman–Crippen MR) is 110 cm³/mol. The van der Waals surface area contributed by atoms with Gasteiger partial charge in [0.2, 0.25) is 5.91 Å². The van der Waals surface area contributed by atoms with Gasteiger partial charge in [0.25, 0.3) is 0 Å². The van der Waals surface area contributed by atoms with Crippen molar-refractivity contribution < 1.29 is 9.53 Å². The van der Waals surface area contributed by atoms with Crippen LogP contribution >= 0.6 is 0 Å². The lowest BCUT2D eigenvalue weighted by Gasteiger charge is -2.12. The number of hydrogen-bond acceptors (Lipinski definition) is 2. The molecule has 0 aliphatic heterocycles. The summed E-state index contributed by atoms with van der Waals surface area (Å²) in [5.41, 5.74) is 1.26. The van der Waals surface area contributed by atoms with Crippen LogP contribution in [0.4, 0.5) is 0 Å². The monoisotopic (exact) mass is 359 g/mol. The van der Waals surface area contributed by atoms with Gasteiger partial charge in [0.05, 0.1) is 6.10 Å². The van der Waals surface area contributed by atoms with Gasteiger partial charge in [-0.3, -0.25) is 4.79 Å².